The number of morpholine rings is 1. The zero-order valence-corrected chi connectivity index (χ0v) is 19.1. The molecule has 1 N–H and O–H groups in total. The van der Waals surface area contributed by atoms with Gasteiger partial charge < -0.3 is 10.1 Å². The number of ether oxygens (including phenoxy) is 1. The summed E-state index contributed by atoms with van der Waals surface area (Å²) in [4.78, 5) is 11.8. The van der Waals surface area contributed by atoms with E-state index >= 15 is 0 Å². The van der Waals surface area contributed by atoms with E-state index in [0.717, 1.165) is 48.4 Å². The van der Waals surface area contributed by atoms with Crippen molar-refractivity contribution < 1.29 is 4.74 Å². The van der Waals surface area contributed by atoms with Gasteiger partial charge in [-0.3, -0.25) is 9.58 Å². The smallest absolute Gasteiger partial charge is 0.131 e. The van der Waals surface area contributed by atoms with Crippen LogP contribution in [0.25, 0.3) is 0 Å². The van der Waals surface area contributed by atoms with Gasteiger partial charge in [0, 0.05) is 42.6 Å². The molecule has 0 radical (unpaired) electrons. The van der Waals surface area contributed by atoms with Crippen molar-refractivity contribution in [3.63, 3.8) is 0 Å². The van der Waals surface area contributed by atoms with Crippen LogP contribution in [-0.4, -0.2) is 44.3 Å². The molecule has 1 aliphatic rings. The Morgan fingerprint density at radius 3 is 2.52 bits per heavy atom. The summed E-state index contributed by atoms with van der Waals surface area (Å²) in [5.41, 5.74) is 5.60. The number of aromatic nitrogens is 4. The minimum Gasteiger partial charge on any atom is -0.369 e. The molecular formula is C24H32N6O. The van der Waals surface area contributed by atoms with Crippen LogP contribution in [0.15, 0.2) is 36.4 Å². The second kappa shape index (κ2) is 9.16. The van der Waals surface area contributed by atoms with Crippen LogP contribution < -0.4 is 5.32 Å². The van der Waals surface area contributed by atoms with Gasteiger partial charge in [-0.05, 0) is 58.9 Å². The van der Waals surface area contributed by atoms with Gasteiger partial charge in [-0.25, -0.2) is 9.97 Å². The average Bonchev–Trinajstić information content (AvgIpc) is 3.03. The van der Waals surface area contributed by atoms with Crippen molar-refractivity contribution in [2.24, 2.45) is 0 Å². The molecule has 1 fully saturated rings. The predicted octanol–water partition coefficient (Wildman–Crippen LogP) is 4.50. The van der Waals surface area contributed by atoms with E-state index in [-0.39, 0.29) is 6.10 Å². The second-order valence-corrected chi connectivity index (χ2v) is 8.52. The molecule has 0 bridgehead atoms. The lowest BCUT2D eigenvalue weighted by molar-refractivity contribution is -0.0350. The fourth-order valence-corrected chi connectivity index (χ4v) is 4.12. The quantitative estimate of drug-likeness (QED) is 0.633. The van der Waals surface area contributed by atoms with Gasteiger partial charge in [-0.15, -0.1) is 0 Å². The van der Waals surface area contributed by atoms with E-state index in [1.54, 1.807) is 0 Å². The van der Waals surface area contributed by atoms with E-state index in [1.807, 2.05) is 43.3 Å². The molecule has 164 valence electrons. The lowest BCUT2D eigenvalue weighted by Gasteiger charge is -2.32. The van der Waals surface area contributed by atoms with Crippen LogP contribution >= 0.6 is 0 Å². The standard InChI is InChI=1S/C24H32N6O/c1-16(2)30-19(5)20(18(4)28-30)14-29-12-13-31-22(15-29)21-9-7-11-24(26-21)27-23-10-6-8-17(3)25-23/h6-11,16,22H,12-15H2,1-5H3,(H,25,26,27). The Morgan fingerprint density at radius 1 is 1.06 bits per heavy atom. The first-order chi connectivity index (χ1) is 14.9. The van der Waals surface area contributed by atoms with Crippen LogP contribution in [0, 0.1) is 20.8 Å². The highest BCUT2D eigenvalue weighted by Gasteiger charge is 2.25. The van der Waals surface area contributed by atoms with Crippen LogP contribution in [0.5, 0.6) is 0 Å². The van der Waals surface area contributed by atoms with E-state index in [1.165, 1.54) is 11.3 Å². The number of aryl methyl sites for hydroxylation is 2. The van der Waals surface area contributed by atoms with E-state index in [9.17, 15) is 0 Å². The molecule has 1 aliphatic heterocycles. The minimum absolute atomic E-state index is 0.0540. The molecular weight excluding hydrogens is 388 g/mol. The maximum absolute atomic E-state index is 6.09. The zero-order valence-electron chi connectivity index (χ0n) is 19.1. The van der Waals surface area contributed by atoms with Gasteiger partial charge in [-0.2, -0.15) is 5.10 Å². The highest BCUT2D eigenvalue weighted by atomic mass is 16.5. The zero-order chi connectivity index (χ0) is 22.0. The molecule has 31 heavy (non-hydrogen) atoms. The summed E-state index contributed by atoms with van der Waals surface area (Å²) in [6.45, 7) is 13.9. The molecule has 0 amide bonds. The average molecular weight is 421 g/mol. The van der Waals surface area contributed by atoms with E-state index < -0.39 is 0 Å². The van der Waals surface area contributed by atoms with Crippen LogP contribution in [0.3, 0.4) is 0 Å². The Labute approximate surface area is 184 Å². The lowest BCUT2D eigenvalue weighted by atomic mass is 10.1. The highest BCUT2D eigenvalue weighted by molar-refractivity contribution is 5.51. The highest BCUT2D eigenvalue weighted by Crippen LogP contribution is 2.26. The molecule has 0 saturated carbocycles. The molecule has 0 aliphatic carbocycles. The van der Waals surface area contributed by atoms with Gasteiger partial charge >= 0.3 is 0 Å². The van der Waals surface area contributed by atoms with E-state index in [2.05, 4.69) is 47.6 Å². The molecule has 1 saturated heterocycles. The number of nitrogens with zero attached hydrogens (tertiary/aromatic N) is 5. The summed E-state index contributed by atoms with van der Waals surface area (Å²) in [5.74, 6) is 1.57. The van der Waals surface area contributed by atoms with E-state index in [0.29, 0.717) is 12.6 Å². The first kappa shape index (κ1) is 21.5. The Morgan fingerprint density at radius 2 is 1.81 bits per heavy atom. The van der Waals surface area contributed by atoms with Crippen molar-refractivity contribution in [2.75, 3.05) is 25.0 Å². The third kappa shape index (κ3) is 4.94. The molecule has 4 heterocycles. The number of hydrogen-bond donors (Lipinski definition) is 1. The maximum Gasteiger partial charge on any atom is 0.131 e. The molecule has 3 aromatic heterocycles. The van der Waals surface area contributed by atoms with Gasteiger partial charge in [-0.1, -0.05) is 12.1 Å². The van der Waals surface area contributed by atoms with Gasteiger partial charge in [0.15, 0.2) is 0 Å². The normalized spacial score (nSPS) is 17.3. The molecule has 7 heteroatoms. The lowest BCUT2D eigenvalue weighted by Crippen LogP contribution is -2.38. The number of rotatable bonds is 6. The minimum atomic E-state index is -0.0540. The summed E-state index contributed by atoms with van der Waals surface area (Å²) < 4.78 is 8.22. The maximum atomic E-state index is 6.09. The molecule has 0 aromatic carbocycles. The Bertz CT molecular complexity index is 1040. The van der Waals surface area contributed by atoms with Crippen LogP contribution in [0.4, 0.5) is 11.6 Å². The van der Waals surface area contributed by atoms with Crippen molar-refractivity contribution in [1.29, 1.82) is 0 Å². The van der Waals surface area contributed by atoms with Crippen molar-refractivity contribution in [3.8, 4) is 0 Å². The monoisotopic (exact) mass is 420 g/mol. The SMILES string of the molecule is Cc1cccc(Nc2cccc(C3CN(Cc4c(C)nn(C(C)C)c4C)CCO3)n2)n1. The number of anilines is 2. The van der Waals surface area contributed by atoms with Gasteiger partial charge in [0.1, 0.15) is 17.7 Å². The number of hydrogen-bond acceptors (Lipinski definition) is 6. The molecule has 1 atom stereocenters. The van der Waals surface area contributed by atoms with Crippen molar-refractivity contribution in [1.82, 2.24) is 24.6 Å². The molecule has 1 unspecified atom stereocenters. The van der Waals surface area contributed by atoms with Crippen molar-refractivity contribution in [3.05, 3.63) is 64.7 Å². The fourth-order valence-electron chi connectivity index (χ4n) is 4.12. The van der Waals surface area contributed by atoms with Crippen molar-refractivity contribution in [2.45, 2.75) is 53.3 Å². The number of pyridine rings is 2. The largest absolute Gasteiger partial charge is 0.369 e. The van der Waals surface area contributed by atoms with E-state index in [4.69, 9.17) is 14.8 Å². The summed E-state index contributed by atoms with van der Waals surface area (Å²) in [5, 5.41) is 8.04. The van der Waals surface area contributed by atoms with Crippen LogP contribution in [0.2, 0.25) is 0 Å². The second-order valence-electron chi connectivity index (χ2n) is 8.52. The topological polar surface area (TPSA) is 68.1 Å². The van der Waals surface area contributed by atoms with Crippen molar-refractivity contribution >= 4 is 11.6 Å². The van der Waals surface area contributed by atoms with Gasteiger partial charge in [0.25, 0.3) is 0 Å². The Balaban J connectivity index is 1.47. The third-order valence-corrected chi connectivity index (χ3v) is 5.74. The van der Waals surface area contributed by atoms with Crippen LogP contribution in [-0.2, 0) is 11.3 Å². The van der Waals surface area contributed by atoms with Gasteiger partial charge in [0.05, 0.1) is 18.0 Å². The first-order valence-electron chi connectivity index (χ1n) is 11.0. The predicted molar refractivity (Wildman–Crippen MR) is 123 cm³/mol. The van der Waals surface area contributed by atoms with Crippen LogP contribution in [0.1, 0.15) is 54.3 Å². The third-order valence-electron chi connectivity index (χ3n) is 5.74. The summed E-state index contributed by atoms with van der Waals surface area (Å²) in [7, 11) is 0. The fraction of sp³-hybridized carbons (Fsp3) is 0.458. The Hall–Kier alpha value is -2.77. The summed E-state index contributed by atoms with van der Waals surface area (Å²) in [6.07, 6.45) is -0.0540. The summed E-state index contributed by atoms with van der Waals surface area (Å²) in [6, 6.07) is 12.3. The first-order valence-corrected chi connectivity index (χ1v) is 11.0. The molecule has 7 nitrogen and oxygen atoms in total. The Kier molecular flexibility index (Phi) is 6.34. The number of nitrogens with one attached hydrogen (secondary N) is 1. The molecule has 3 aromatic rings. The van der Waals surface area contributed by atoms with Gasteiger partial charge in [0.2, 0.25) is 0 Å². The molecule has 0 spiro atoms. The summed E-state index contributed by atoms with van der Waals surface area (Å²) >= 11 is 0. The molecule has 4 rings (SSSR count).